The third-order valence-corrected chi connectivity index (χ3v) is 5.02. The number of guanidine groups is 1. The van der Waals surface area contributed by atoms with Gasteiger partial charge in [-0.25, -0.2) is 0 Å². The van der Waals surface area contributed by atoms with Crippen LogP contribution >= 0.6 is 0 Å². The Morgan fingerprint density at radius 3 is 2.42 bits per heavy atom. The van der Waals surface area contributed by atoms with Crippen LogP contribution in [0.25, 0.3) is 0 Å². The molecule has 0 aliphatic rings. The van der Waals surface area contributed by atoms with E-state index >= 15 is 0 Å². The predicted octanol–water partition coefficient (Wildman–Crippen LogP) is 2.49. The predicted molar refractivity (Wildman–Crippen MR) is 109 cm³/mol. The van der Waals surface area contributed by atoms with Gasteiger partial charge < -0.3 is 15.4 Å². The summed E-state index contributed by atoms with van der Waals surface area (Å²) < 4.78 is 17.8. The monoisotopic (exact) mass is 373 g/mol. The molecule has 0 aromatic heterocycles. The molecule has 5 nitrogen and oxygen atoms in total. The fourth-order valence-corrected chi connectivity index (χ4v) is 3.35. The van der Waals surface area contributed by atoms with E-state index in [1.165, 1.54) is 5.56 Å². The first-order valence-corrected chi connectivity index (χ1v) is 10.2. The van der Waals surface area contributed by atoms with Crippen molar-refractivity contribution in [1.82, 2.24) is 10.6 Å². The van der Waals surface area contributed by atoms with Crippen LogP contribution in [0.5, 0.6) is 5.75 Å². The Balaban J connectivity index is 1.60. The molecule has 0 heterocycles. The maximum absolute atomic E-state index is 12.1. The van der Waals surface area contributed by atoms with E-state index < -0.39 is 10.8 Å². The van der Waals surface area contributed by atoms with Crippen molar-refractivity contribution in [3.8, 4) is 5.75 Å². The number of aryl methyl sites for hydroxylation is 1. The molecule has 2 aromatic carbocycles. The summed E-state index contributed by atoms with van der Waals surface area (Å²) in [6.07, 6.45) is 0. The summed E-state index contributed by atoms with van der Waals surface area (Å²) in [6, 6.07) is 17.9. The summed E-state index contributed by atoms with van der Waals surface area (Å²) in [5.74, 6) is 2.71. The third kappa shape index (κ3) is 7.70. The van der Waals surface area contributed by atoms with Crippen molar-refractivity contribution in [2.75, 3.05) is 32.5 Å². The molecule has 0 radical (unpaired) electrons. The van der Waals surface area contributed by atoms with Crippen molar-refractivity contribution in [1.29, 1.82) is 0 Å². The second kappa shape index (κ2) is 11.3. The fourth-order valence-electron chi connectivity index (χ4n) is 2.31. The van der Waals surface area contributed by atoms with Crippen LogP contribution in [0.2, 0.25) is 0 Å². The molecular formula is C20H27N3O2S. The Labute approximate surface area is 158 Å². The van der Waals surface area contributed by atoms with Crippen molar-refractivity contribution in [3.05, 3.63) is 65.7 Å². The van der Waals surface area contributed by atoms with Crippen molar-refractivity contribution < 1.29 is 8.95 Å². The minimum absolute atomic E-state index is 0.545. The first kappa shape index (κ1) is 20.0. The number of aliphatic imine (C=N–C) groups is 1. The molecule has 26 heavy (non-hydrogen) atoms. The largest absolute Gasteiger partial charge is 0.492 e. The van der Waals surface area contributed by atoms with E-state index in [9.17, 15) is 4.21 Å². The van der Waals surface area contributed by atoms with Crippen molar-refractivity contribution >= 4 is 16.8 Å². The molecule has 0 saturated carbocycles. The second-order valence-electron chi connectivity index (χ2n) is 5.86. The standard InChI is InChI=1S/C20H27N3O2S/c1-17-8-10-19(11-9-17)25-14-12-22-20(21-2)23-13-15-26(24)16-18-6-4-3-5-7-18/h3-11H,12-16H2,1-2H3,(H2,21,22,23). The molecule has 1 atom stereocenters. The number of nitrogens with zero attached hydrogens (tertiary/aromatic N) is 1. The minimum Gasteiger partial charge on any atom is -0.492 e. The molecule has 6 heteroatoms. The average Bonchev–Trinajstić information content (AvgIpc) is 2.66. The highest BCUT2D eigenvalue weighted by Crippen LogP contribution is 2.10. The Bertz CT molecular complexity index is 703. The molecule has 0 aliphatic heterocycles. The van der Waals surface area contributed by atoms with Crippen LogP contribution in [-0.4, -0.2) is 42.7 Å². The first-order valence-electron chi connectivity index (χ1n) is 8.70. The smallest absolute Gasteiger partial charge is 0.191 e. The zero-order chi connectivity index (χ0) is 18.6. The summed E-state index contributed by atoms with van der Waals surface area (Å²) in [5, 5.41) is 6.37. The van der Waals surface area contributed by atoms with Crippen LogP contribution in [0.4, 0.5) is 0 Å². The van der Waals surface area contributed by atoms with Gasteiger partial charge in [-0.05, 0) is 24.6 Å². The van der Waals surface area contributed by atoms with Crippen molar-refractivity contribution in [2.24, 2.45) is 4.99 Å². The van der Waals surface area contributed by atoms with E-state index in [0.717, 1.165) is 11.3 Å². The van der Waals surface area contributed by atoms with E-state index in [2.05, 4.69) is 15.6 Å². The van der Waals surface area contributed by atoms with Crippen LogP contribution in [0.3, 0.4) is 0 Å². The number of nitrogens with one attached hydrogen (secondary N) is 2. The van der Waals surface area contributed by atoms with Gasteiger partial charge in [0.05, 0.1) is 6.54 Å². The molecule has 2 aromatic rings. The van der Waals surface area contributed by atoms with E-state index in [4.69, 9.17) is 4.74 Å². The number of hydrogen-bond acceptors (Lipinski definition) is 3. The van der Waals surface area contributed by atoms with Gasteiger partial charge in [0.25, 0.3) is 0 Å². The summed E-state index contributed by atoms with van der Waals surface area (Å²) in [7, 11) is 0.826. The Hall–Kier alpha value is -2.34. The van der Waals surface area contributed by atoms with Crippen molar-refractivity contribution in [3.63, 3.8) is 0 Å². The highest BCUT2D eigenvalue weighted by molar-refractivity contribution is 7.84. The molecule has 0 aliphatic carbocycles. The minimum atomic E-state index is -0.894. The van der Waals surface area contributed by atoms with Crippen LogP contribution in [-0.2, 0) is 16.6 Å². The van der Waals surface area contributed by atoms with E-state index in [1.807, 2.05) is 61.5 Å². The van der Waals surface area contributed by atoms with Crippen LogP contribution in [0, 0.1) is 6.92 Å². The SMILES string of the molecule is CN=C(NCCOc1ccc(C)cc1)NCCS(=O)Cc1ccccc1. The number of ether oxygens (including phenoxy) is 1. The maximum Gasteiger partial charge on any atom is 0.191 e. The normalized spacial score (nSPS) is 12.5. The molecular weight excluding hydrogens is 346 g/mol. The zero-order valence-corrected chi connectivity index (χ0v) is 16.2. The molecule has 0 fully saturated rings. The highest BCUT2D eigenvalue weighted by Gasteiger charge is 2.03. The number of hydrogen-bond donors (Lipinski definition) is 2. The lowest BCUT2D eigenvalue weighted by Crippen LogP contribution is -2.40. The molecule has 1 unspecified atom stereocenters. The van der Waals surface area contributed by atoms with Crippen molar-refractivity contribution in [2.45, 2.75) is 12.7 Å². The lowest BCUT2D eigenvalue weighted by atomic mass is 10.2. The van der Waals surface area contributed by atoms with E-state index in [-0.39, 0.29) is 0 Å². The highest BCUT2D eigenvalue weighted by atomic mass is 32.2. The number of rotatable bonds is 9. The van der Waals surface area contributed by atoms with Gasteiger partial charge in [-0.15, -0.1) is 0 Å². The quantitative estimate of drug-likeness (QED) is 0.403. The molecule has 140 valence electrons. The second-order valence-corrected chi connectivity index (χ2v) is 7.44. The molecule has 2 N–H and O–H groups in total. The van der Waals surface area contributed by atoms with Gasteiger partial charge in [0.1, 0.15) is 12.4 Å². The van der Waals surface area contributed by atoms with E-state index in [1.54, 1.807) is 7.05 Å². The molecule has 2 rings (SSSR count). The van der Waals surface area contributed by atoms with Gasteiger partial charge in [-0.2, -0.15) is 0 Å². The topological polar surface area (TPSA) is 62.7 Å². The first-order chi connectivity index (χ1) is 12.7. The molecule has 0 saturated heterocycles. The summed E-state index contributed by atoms with van der Waals surface area (Å²) in [5.41, 5.74) is 2.31. The lowest BCUT2D eigenvalue weighted by molar-refractivity contribution is 0.322. The Morgan fingerprint density at radius 1 is 1.04 bits per heavy atom. The van der Waals surface area contributed by atoms with Gasteiger partial charge in [-0.1, -0.05) is 48.0 Å². The lowest BCUT2D eigenvalue weighted by Gasteiger charge is -2.12. The molecule has 0 amide bonds. The number of benzene rings is 2. The Kier molecular flexibility index (Phi) is 8.69. The maximum atomic E-state index is 12.1. The third-order valence-electron chi connectivity index (χ3n) is 3.70. The average molecular weight is 374 g/mol. The van der Waals surface area contributed by atoms with Crippen LogP contribution < -0.4 is 15.4 Å². The summed E-state index contributed by atoms with van der Waals surface area (Å²) in [4.78, 5) is 4.16. The Morgan fingerprint density at radius 2 is 1.73 bits per heavy atom. The summed E-state index contributed by atoms with van der Waals surface area (Å²) >= 11 is 0. The zero-order valence-electron chi connectivity index (χ0n) is 15.4. The van der Waals surface area contributed by atoms with Crippen LogP contribution in [0.15, 0.2) is 59.6 Å². The fraction of sp³-hybridized carbons (Fsp3) is 0.350. The van der Waals surface area contributed by atoms with Gasteiger partial charge in [-0.3, -0.25) is 9.20 Å². The molecule has 0 spiro atoms. The summed E-state index contributed by atoms with van der Waals surface area (Å²) in [6.45, 7) is 3.84. The van der Waals surface area contributed by atoms with E-state index in [0.29, 0.717) is 37.2 Å². The van der Waals surface area contributed by atoms with Gasteiger partial charge >= 0.3 is 0 Å². The van der Waals surface area contributed by atoms with Gasteiger partial charge in [0, 0.05) is 35.9 Å². The van der Waals surface area contributed by atoms with Crippen LogP contribution in [0.1, 0.15) is 11.1 Å². The molecule has 0 bridgehead atoms. The van der Waals surface area contributed by atoms with Gasteiger partial charge in [0.2, 0.25) is 0 Å². The van der Waals surface area contributed by atoms with Gasteiger partial charge in [0.15, 0.2) is 5.96 Å².